The summed E-state index contributed by atoms with van der Waals surface area (Å²) >= 11 is 0. The molecule has 29 heavy (non-hydrogen) atoms. The average Bonchev–Trinajstić information content (AvgIpc) is 3.20. The van der Waals surface area contributed by atoms with Gasteiger partial charge in [0, 0.05) is 44.1 Å². The molecule has 0 spiro atoms. The summed E-state index contributed by atoms with van der Waals surface area (Å²) in [5, 5.41) is 0. The molecule has 0 aliphatic carbocycles. The summed E-state index contributed by atoms with van der Waals surface area (Å²) in [7, 11) is 0. The summed E-state index contributed by atoms with van der Waals surface area (Å²) in [4.78, 5) is 47.2. The third-order valence-electron chi connectivity index (χ3n) is 6.19. The lowest BCUT2D eigenvalue weighted by Crippen LogP contribution is -2.51. The number of nitrogens with zero attached hydrogens (tertiary/aromatic N) is 4. The van der Waals surface area contributed by atoms with Crippen LogP contribution in [0.4, 0.5) is 4.79 Å². The summed E-state index contributed by atoms with van der Waals surface area (Å²) < 4.78 is 5.03. The van der Waals surface area contributed by atoms with E-state index in [1.54, 1.807) is 11.1 Å². The molecule has 1 aromatic rings. The van der Waals surface area contributed by atoms with Crippen LogP contribution in [-0.2, 0) is 20.7 Å². The minimum absolute atomic E-state index is 0.0347. The van der Waals surface area contributed by atoms with Crippen LogP contribution in [0.15, 0.2) is 24.4 Å². The molecule has 1 atom stereocenters. The number of likely N-dealkylation sites (tertiary alicyclic amines) is 2. The predicted octanol–water partition coefficient (Wildman–Crippen LogP) is 1.31. The summed E-state index contributed by atoms with van der Waals surface area (Å²) in [6.07, 6.45) is 4.98. The van der Waals surface area contributed by atoms with Gasteiger partial charge in [0.25, 0.3) is 0 Å². The highest BCUT2D eigenvalue weighted by atomic mass is 16.6. The van der Waals surface area contributed by atoms with Gasteiger partial charge in [0.15, 0.2) is 0 Å². The van der Waals surface area contributed by atoms with Crippen molar-refractivity contribution >= 4 is 17.9 Å². The van der Waals surface area contributed by atoms with Gasteiger partial charge in [-0.1, -0.05) is 6.07 Å². The number of carbonyl (C=O) groups excluding carboxylic acids is 3. The van der Waals surface area contributed by atoms with Gasteiger partial charge < -0.3 is 19.4 Å². The zero-order valence-electron chi connectivity index (χ0n) is 16.7. The molecule has 4 rings (SSSR count). The van der Waals surface area contributed by atoms with E-state index in [4.69, 9.17) is 4.74 Å². The Morgan fingerprint density at radius 2 is 1.90 bits per heavy atom. The van der Waals surface area contributed by atoms with E-state index in [-0.39, 0.29) is 36.3 Å². The van der Waals surface area contributed by atoms with Gasteiger partial charge in [-0.25, -0.2) is 4.79 Å². The molecule has 0 radical (unpaired) electrons. The van der Waals surface area contributed by atoms with Gasteiger partial charge in [-0.3, -0.25) is 14.6 Å². The molecule has 0 saturated carbocycles. The first kappa shape index (κ1) is 19.7. The van der Waals surface area contributed by atoms with Gasteiger partial charge in [0.2, 0.25) is 11.8 Å². The number of ether oxygens (including phenoxy) is 1. The second-order valence-electron chi connectivity index (χ2n) is 8.04. The van der Waals surface area contributed by atoms with Crippen LogP contribution < -0.4 is 0 Å². The summed E-state index contributed by atoms with van der Waals surface area (Å²) in [5.41, 5.74) is 0.758. The molecule has 1 unspecified atom stereocenters. The maximum atomic E-state index is 13.0. The van der Waals surface area contributed by atoms with Crippen molar-refractivity contribution in [3.8, 4) is 0 Å². The van der Waals surface area contributed by atoms with Crippen LogP contribution in [0, 0.1) is 5.92 Å². The van der Waals surface area contributed by atoms with Crippen LogP contribution in [0.3, 0.4) is 0 Å². The highest BCUT2D eigenvalue weighted by molar-refractivity contribution is 5.82. The average molecular weight is 400 g/mol. The molecule has 4 heterocycles. The van der Waals surface area contributed by atoms with Crippen molar-refractivity contribution in [3.63, 3.8) is 0 Å². The van der Waals surface area contributed by atoms with Gasteiger partial charge >= 0.3 is 6.09 Å². The quantitative estimate of drug-likeness (QED) is 0.761. The first-order chi connectivity index (χ1) is 14.1. The Balaban J connectivity index is 1.29. The number of carbonyl (C=O) groups is 3. The Morgan fingerprint density at radius 1 is 1.07 bits per heavy atom. The number of aromatic nitrogens is 1. The zero-order chi connectivity index (χ0) is 20.2. The highest BCUT2D eigenvalue weighted by Crippen LogP contribution is 2.24. The van der Waals surface area contributed by atoms with E-state index in [0.29, 0.717) is 39.3 Å². The minimum atomic E-state index is -0.232. The number of cyclic esters (lactones) is 1. The standard InChI is InChI=1S/C21H28N4O4/c26-19(14-17-5-1-2-8-22-17)24-9-3-4-16(15-24)20(27)23-10-6-18(7-11-23)25-12-13-29-21(25)28/h1-2,5,8,16,18H,3-4,6-7,9-15H2. The van der Waals surface area contributed by atoms with Crippen LogP contribution >= 0.6 is 0 Å². The molecule has 3 fully saturated rings. The van der Waals surface area contributed by atoms with Crippen molar-refractivity contribution in [2.45, 2.75) is 38.1 Å². The number of piperidine rings is 2. The van der Waals surface area contributed by atoms with E-state index >= 15 is 0 Å². The van der Waals surface area contributed by atoms with Crippen molar-refractivity contribution in [3.05, 3.63) is 30.1 Å². The summed E-state index contributed by atoms with van der Waals surface area (Å²) in [6.45, 7) is 3.62. The highest BCUT2D eigenvalue weighted by Gasteiger charge is 2.36. The molecule has 156 valence electrons. The Bertz CT molecular complexity index is 748. The Morgan fingerprint density at radius 3 is 2.59 bits per heavy atom. The van der Waals surface area contributed by atoms with Crippen molar-refractivity contribution < 1.29 is 19.1 Å². The predicted molar refractivity (Wildman–Crippen MR) is 105 cm³/mol. The number of amides is 3. The Hall–Kier alpha value is -2.64. The molecule has 8 nitrogen and oxygen atoms in total. The molecule has 0 aromatic carbocycles. The van der Waals surface area contributed by atoms with Crippen LogP contribution in [0.1, 0.15) is 31.4 Å². The molecule has 1 aromatic heterocycles. The van der Waals surface area contributed by atoms with E-state index in [1.165, 1.54) is 0 Å². The normalized spacial score (nSPS) is 23.2. The third kappa shape index (κ3) is 4.52. The monoisotopic (exact) mass is 400 g/mol. The summed E-state index contributed by atoms with van der Waals surface area (Å²) in [6, 6.07) is 5.73. The smallest absolute Gasteiger partial charge is 0.410 e. The van der Waals surface area contributed by atoms with Gasteiger partial charge in [-0.05, 0) is 37.8 Å². The second-order valence-corrected chi connectivity index (χ2v) is 8.04. The van der Waals surface area contributed by atoms with Gasteiger partial charge in [0.05, 0.1) is 18.9 Å². The number of hydrogen-bond donors (Lipinski definition) is 0. The summed E-state index contributed by atoms with van der Waals surface area (Å²) in [5.74, 6) is 0.0416. The van der Waals surface area contributed by atoms with Crippen molar-refractivity contribution in [1.82, 2.24) is 19.7 Å². The lowest BCUT2D eigenvalue weighted by atomic mass is 9.94. The largest absolute Gasteiger partial charge is 0.448 e. The third-order valence-corrected chi connectivity index (χ3v) is 6.19. The fourth-order valence-electron chi connectivity index (χ4n) is 4.57. The molecule has 0 bridgehead atoms. The zero-order valence-corrected chi connectivity index (χ0v) is 16.7. The second kappa shape index (κ2) is 8.80. The molecular weight excluding hydrogens is 372 g/mol. The SMILES string of the molecule is O=C(Cc1ccccn1)N1CCCC(C(=O)N2CCC(N3CCOC3=O)CC2)C1. The number of hydrogen-bond acceptors (Lipinski definition) is 5. The number of pyridine rings is 1. The maximum absolute atomic E-state index is 13.0. The molecule has 0 N–H and O–H groups in total. The van der Waals surface area contributed by atoms with Crippen LogP contribution in [0.5, 0.6) is 0 Å². The molecule has 8 heteroatoms. The van der Waals surface area contributed by atoms with Crippen molar-refractivity contribution in [1.29, 1.82) is 0 Å². The molecule has 3 aliphatic heterocycles. The van der Waals surface area contributed by atoms with Gasteiger partial charge in [0.1, 0.15) is 6.61 Å². The van der Waals surface area contributed by atoms with Crippen molar-refractivity contribution in [2.75, 3.05) is 39.3 Å². The van der Waals surface area contributed by atoms with E-state index < -0.39 is 0 Å². The van der Waals surface area contributed by atoms with Gasteiger partial charge in [-0.15, -0.1) is 0 Å². The molecule has 3 aliphatic rings. The van der Waals surface area contributed by atoms with E-state index in [9.17, 15) is 14.4 Å². The fourth-order valence-corrected chi connectivity index (χ4v) is 4.57. The molecular formula is C21H28N4O4. The lowest BCUT2D eigenvalue weighted by Gasteiger charge is -2.39. The maximum Gasteiger partial charge on any atom is 0.410 e. The van der Waals surface area contributed by atoms with Crippen LogP contribution in [-0.4, -0.2) is 83.0 Å². The Kier molecular flexibility index (Phi) is 5.97. The van der Waals surface area contributed by atoms with Crippen molar-refractivity contribution in [2.24, 2.45) is 5.92 Å². The van der Waals surface area contributed by atoms with E-state index in [1.807, 2.05) is 28.0 Å². The fraction of sp³-hybridized carbons (Fsp3) is 0.619. The van der Waals surface area contributed by atoms with E-state index in [0.717, 1.165) is 31.4 Å². The van der Waals surface area contributed by atoms with Gasteiger partial charge in [-0.2, -0.15) is 0 Å². The lowest BCUT2D eigenvalue weighted by molar-refractivity contribution is -0.141. The first-order valence-corrected chi connectivity index (χ1v) is 10.5. The Labute approximate surface area is 170 Å². The number of rotatable bonds is 4. The topological polar surface area (TPSA) is 83.1 Å². The molecule has 3 amide bonds. The first-order valence-electron chi connectivity index (χ1n) is 10.5. The van der Waals surface area contributed by atoms with E-state index in [2.05, 4.69) is 4.98 Å². The molecule has 3 saturated heterocycles. The minimum Gasteiger partial charge on any atom is -0.448 e. The van der Waals surface area contributed by atoms with Crippen LogP contribution in [0.2, 0.25) is 0 Å². The van der Waals surface area contributed by atoms with Crippen LogP contribution in [0.25, 0.3) is 0 Å².